The van der Waals surface area contributed by atoms with Gasteiger partial charge in [-0.2, -0.15) is 4.98 Å². The molecule has 0 atom stereocenters. The molecule has 184 valence electrons. The molecular formula is C25H30N6O4. The van der Waals surface area contributed by atoms with Gasteiger partial charge in [-0.3, -0.25) is 4.79 Å². The van der Waals surface area contributed by atoms with Crippen LogP contribution in [0.25, 0.3) is 11.4 Å². The Labute approximate surface area is 205 Å². The van der Waals surface area contributed by atoms with Crippen molar-refractivity contribution in [2.75, 3.05) is 52.1 Å². The molecule has 0 aliphatic heterocycles. The highest BCUT2D eigenvalue weighted by molar-refractivity contribution is 6.00. The van der Waals surface area contributed by atoms with Crippen molar-refractivity contribution in [2.24, 2.45) is 0 Å². The molecule has 10 heteroatoms. The molecule has 2 aromatic carbocycles. The number of aromatic nitrogens is 3. The summed E-state index contributed by atoms with van der Waals surface area (Å²) in [5.74, 6) is 2.18. The van der Waals surface area contributed by atoms with Crippen LogP contribution in [0.15, 0.2) is 49.3 Å². The summed E-state index contributed by atoms with van der Waals surface area (Å²) < 4.78 is 16.8. The quantitative estimate of drug-likeness (QED) is 0.399. The Kier molecular flexibility index (Phi) is 8.58. The fourth-order valence-electron chi connectivity index (χ4n) is 3.20. The Morgan fingerprint density at radius 2 is 1.83 bits per heavy atom. The van der Waals surface area contributed by atoms with E-state index in [1.54, 1.807) is 26.4 Å². The average molecular weight is 479 g/mol. The van der Waals surface area contributed by atoms with Crippen LogP contribution in [0.1, 0.15) is 5.56 Å². The minimum Gasteiger partial charge on any atom is -0.496 e. The lowest BCUT2D eigenvalue weighted by Gasteiger charge is -2.18. The lowest BCUT2D eigenvalue weighted by molar-refractivity contribution is -0.111. The number of carbonyl (C=O) groups excluding carboxylic acids is 1. The van der Waals surface area contributed by atoms with Crippen molar-refractivity contribution in [1.82, 2.24) is 19.9 Å². The summed E-state index contributed by atoms with van der Waals surface area (Å²) in [4.78, 5) is 27.1. The third-order valence-electron chi connectivity index (χ3n) is 5.01. The molecule has 0 aliphatic rings. The number of aryl methyl sites for hydroxylation is 1. The monoisotopic (exact) mass is 478 g/mol. The van der Waals surface area contributed by atoms with Crippen molar-refractivity contribution in [3.63, 3.8) is 0 Å². The number of rotatable bonds is 11. The number of ether oxygens (including phenoxy) is 3. The highest BCUT2D eigenvalue weighted by Crippen LogP contribution is 2.38. The normalized spacial score (nSPS) is 10.6. The van der Waals surface area contributed by atoms with Crippen LogP contribution in [0.5, 0.6) is 17.2 Å². The van der Waals surface area contributed by atoms with Crippen LogP contribution in [0.3, 0.4) is 0 Å². The van der Waals surface area contributed by atoms with Crippen LogP contribution in [0.4, 0.5) is 17.3 Å². The molecule has 0 aliphatic carbocycles. The second-order valence-electron chi connectivity index (χ2n) is 7.84. The third-order valence-corrected chi connectivity index (χ3v) is 5.01. The van der Waals surface area contributed by atoms with Crippen LogP contribution in [-0.4, -0.2) is 67.2 Å². The van der Waals surface area contributed by atoms with Gasteiger partial charge in [0, 0.05) is 18.2 Å². The van der Waals surface area contributed by atoms with E-state index in [1.165, 1.54) is 12.4 Å². The molecule has 0 radical (unpaired) electrons. The minimum atomic E-state index is -0.365. The molecule has 0 saturated carbocycles. The predicted molar refractivity (Wildman–Crippen MR) is 136 cm³/mol. The lowest BCUT2D eigenvalue weighted by Crippen LogP contribution is -2.20. The summed E-state index contributed by atoms with van der Waals surface area (Å²) in [7, 11) is 7.08. The van der Waals surface area contributed by atoms with E-state index in [0.29, 0.717) is 47.8 Å². The Hall–Kier alpha value is -4.18. The Bertz CT molecular complexity index is 1200. The standard InChI is InChI=1S/C25H30N6O4/c1-7-23(32)28-19-13-18(21(34-6)14-22(19)35-11-10-31(3)4)29-25-27-15-26-24(30-25)17-8-9-20(33-5)16(2)12-17/h7-9,12-15H,1,10-11H2,2-6H3,(H,28,32)(H,26,27,29,30). The number of hydrogen-bond acceptors (Lipinski definition) is 9. The van der Waals surface area contributed by atoms with E-state index >= 15 is 0 Å². The number of anilines is 3. The number of nitrogens with one attached hydrogen (secondary N) is 2. The van der Waals surface area contributed by atoms with Gasteiger partial charge in [-0.05, 0) is 56.9 Å². The number of carbonyl (C=O) groups is 1. The van der Waals surface area contributed by atoms with E-state index in [4.69, 9.17) is 14.2 Å². The number of likely N-dealkylation sites (N-methyl/N-ethyl adjacent to an activating group) is 1. The largest absolute Gasteiger partial charge is 0.496 e. The van der Waals surface area contributed by atoms with Gasteiger partial charge in [-0.25, -0.2) is 9.97 Å². The van der Waals surface area contributed by atoms with Crippen molar-refractivity contribution in [2.45, 2.75) is 6.92 Å². The maximum atomic E-state index is 12.0. The number of benzene rings is 2. The molecule has 1 amide bonds. The number of nitrogens with zero attached hydrogens (tertiary/aromatic N) is 4. The van der Waals surface area contributed by atoms with Crippen molar-refractivity contribution in [1.29, 1.82) is 0 Å². The predicted octanol–water partition coefficient (Wildman–Crippen LogP) is 3.67. The molecule has 0 spiro atoms. The summed E-state index contributed by atoms with van der Waals surface area (Å²) in [5.41, 5.74) is 2.78. The van der Waals surface area contributed by atoms with Gasteiger partial charge < -0.3 is 29.7 Å². The SMILES string of the molecule is C=CC(=O)Nc1cc(Nc2ncnc(-c3ccc(OC)c(C)c3)n2)c(OC)cc1OCCN(C)C. The molecule has 0 fully saturated rings. The van der Waals surface area contributed by atoms with Crippen molar-refractivity contribution >= 4 is 23.2 Å². The van der Waals surface area contributed by atoms with Gasteiger partial charge in [-0.1, -0.05) is 6.58 Å². The molecule has 3 rings (SSSR count). The van der Waals surface area contributed by atoms with Gasteiger partial charge in [0.2, 0.25) is 11.9 Å². The van der Waals surface area contributed by atoms with E-state index < -0.39 is 0 Å². The number of amides is 1. The Balaban J connectivity index is 1.93. The molecule has 1 heterocycles. The summed E-state index contributed by atoms with van der Waals surface area (Å²) in [6.07, 6.45) is 2.62. The average Bonchev–Trinajstić information content (AvgIpc) is 2.85. The lowest BCUT2D eigenvalue weighted by atomic mass is 10.1. The zero-order valence-corrected chi connectivity index (χ0v) is 20.6. The number of methoxy groups -OCH3 is 2. The van der Waals surface area contributed by atoms with Gasteiger partial charge in [0.15, 0.2) is 5.82 Å². The molecule has 10 nitrogen and oxygen atoms in total. The van der Waals surface area contributed by atoms with Crippen molar-refractivity contribution in [3.8, 4) is 28.6 Å². The van der Waals surface area contributed by atoms with Crippen molar-refractivity contribution < 1.29 is 19.0 Å². The Morgan fingerprint density at radius 1 is 1.06 bits per heavy atom. The highest BCUT2D eigenvalue weighted by Gasteiger charge is 2.15. The van der Waals surface area contributed by atoms with Gasteiger partial charge in [0.1, 0.15) is 30.2 Å². The van der Waals surface area contributed by atoms with E-state index in [2.05, 4.69) is 32.2 Å². The molecule has 3 aromatic rings. The molecule has 2 N–H and O–H groups in total. The minimum absolute atomic E-state index is 0.309. The zero-order chi connectivity index (χ0) is 25.4. The van der Waals surface area contributed by atoms with Crippen LogP contribution >= 0.6 is 0 Å². The first-order valence-electron chi connectivity index (χ1n) is 10.9. The first kappa shape index (κ1) is 25.4. The second-order valence-corrected chi connectivity index (χ2v) is 7.84. The smallest absolute Gasteiger partial charge is 0.247 e. The molecule has 0 saturated heterocycles. The second kappa shape index (κ2) is 11.8. The Morgan fingerprint density at radius 3 is 2.49 bits per heavy atom. The van der Waals surface area contributed by atoms with Gasteiger partial charge in [0.05, 0.1) is 25.6 Å². The molecular weight excluding hydrogens is 448 g/mol. The topological polar surface area (TPSA) is 111 Å². The first-order chi connectivity index (χ1) is 16.8. The van der Waals surface area contributed by atoms with Crippen LogP contribution in [-0.2, 0) is 4.79 Å². The van der Waals surface area contributed by atoms with Gasteiger partial charge in [0.25, 0.3) is 0 Å². The van der Waals surface area contributed by atoms with E-state index in [-0.39, 0.29) is 5.91 Å². The molecule has 1 aromatic heterocycles. The van der Waals surface area contributed by atoms with E-state index in [0.717, 1.165) is 16.9 Å². The van der Waals surface area contributed by atoms with E-state index in [1.807, 2.05) is 44.1 Å². The summed E-state index contributed by atoms with van der Waals surface area (Å²) in [6.45, 7) is 6.60. The maximum Gasteiger partial charge on any atom is 0.247 e. The third kappa shape index (κ3) is 6.67. The van der Waals surface area contributed by atoms with Crippen LogP contribution in [0, 0.1) is 6.92 Å². The summed E-state index contributed by atoms with van der Waals surface area (Å²) in [5, 5.41) is 5.93. The van der Waals surface area contributed by atoms with Gasteiger partial charge in [-0.15, -0.1) is 0 Å². The van der Waals surface area contributed by atoms with Gasteiger partial charge >= 0.3 is 0 Å². The molecule has 0 bridgehead atoms. The fraction of sp³-hybridized carbons (Fsp3) is 0.280. The molecule has 35 heavy (non-hydrogen) atoms. The molecule has 0 unspecified atom stereocenters. The highest BCUT2D eigenvalue weighted by atomic mass is 16.5. The summed E-state index contributed by atoms with van der Waals surface area (Å²) >= 11 is 0. The van der Waals surface area contributed by atoms with Crippen LogP contribution in [0.2, 0.25) is 0 Å². The fourth-order valence-corrected chi connectivity index (χ4v) is 3.20. The van der Waals surface area contributed by atoms with Crippen LogP contribution < -0.4 is 24.8 Å². The summed E-state index contributed by atoms with van der Waals surface area (Å²) in [6, 6.07) is 9.10. The first-order valence-corrected chi connectivity index (χ1v) is 10.9. The maximum absolute atomic E-state index is 12.0. The van der Waals surface area contributed by atoms with Crippen molar-refractivity contribution in [3.05, 3.63) is 54.9 Å². The zero-order valence-electron chi connectivity index (χ0n) is 20.6. The van der Waals surface area contributed by atoms with E-state index in [9.17, 15) is 4.79 Å². The number of hydrogen-bond donors (Lipinski definition) is 2.